The zero-order valence-electron chi connectivity index (χ0n) is 13.5. The van der Waals surface area contributed by atoms with Gasteiger partial charge in [-0.1, -0.05) is 20.3 Å². The number of carbonyl (C=O) groups excluding carboxylic acids is 1. The van der Waals surface area contributed by atoms with Crippen LogP contribution in [0, 0.1) is 0 Å². The SMILES string of the molecule is CCCC1NC(C)(CC)C(=O)N1CCN(C)C(C)C. The van der Waals surface area contributed by atoms with Gasteiger partial charge in [0, 0.05) is 19.1 Å². The lowest BCUT2D eigenvalue weighted by Crippen LogP contribution is -2.44. The molecule has 1 heterocycles. The van der Waals surface area contributed by atoms with Crippen molar-refractivity contribution in [2.24, 2.45) is 0 Å². The van der Waals surface area contributed by atoms with Gasteiger partial charge in [-0.3, -0.25) is 10.1 Å². The number of nitrogens with zero attached hydrogens (tertiary/aromatic N) is 2. The Bertz CT molecular complexity index is 306. The van der Waals surface area contributed by atoms with Crippen LogP contribution in [0.25, 0.3) is 0 Å². The molecule has 1 aliphatic heterocycles. The average molecular weight is 269 g/mol. The molecule has 1 fully saturated rings. The molecule has 4 nitrogen and oxygen atoms in total. The zero-order valence-corrected chi connectivity index (χ0v) is 13.5. The van der Waals surface area contributed by atoms with Gasteiger partial charge in [-0.05, 0) is 40.7 Å². The minimum Gasteiger partial charge on any atom is -0.324 e. The van der Waals surface area contributed by atoms with Crippen LogP contribution in [0.3, 0.4) is 0 Å². The maximum absolute atomic E-state index is 12.6. The molecule has 1 N–H and O–H groups in total. The third kappa shape index (κ3) is 3.69. The first kappa shape index (κ1) is 16.4. The fourth-order valence-corrected chi connectivity index (χ4v) is 2.50. The summed E-state index contributed by atoms with van der Waals surface area (Å²) < 4.78 is 0. The highest BCUT2D eigenvalue weighted by molar-refractivity contribution is 5.88. The summed E-state index contributed by atoms with van der Waals surface area (Å²) in [5.74, 6) is 0.269. The predicted molar refractivity (Wildman–Crippen MR) is 80.0 cm³/mol. The Morgan fingerprint density at radius 3 is 2.53 bits per heavy atom. The summed E-state index contributed by atoms with van der Waals surface area (Å²) in [6.07, 6.45) is 3.19. The van der Waals surface area contributed by atoms with Crippen molar-refractivity contribution < 1.29 is 4.79 Å². The number of amides is 1. The molecule has 0 radical (unpaired) electrons. The summed E-state index contributed by atoms with van der Waals surface area (Å²) in [6.45, 7) is 12.4. The van der Waals surface area contributed by atoms with Crippen molar-refractivity contribution in [2.75, 3.05) is 20.1 Å². The van der Waals surface area contributed by atoms with Crippen molar-refractivity contribution in [1.29, 1.82) is 0 Å². The van der Waals surface area contributed by atoms with Crippen LogP contribution in [-0.2, 0) is 4.79 Å². The first-order chi connectivity index (χ1) is 8.85. The number of likely N-dealkylation sites (N-methyl/N-ethyl adjacent to an activating group) is 1. The monoisotopic (exact) mass is 269 g/mol. The van der Waals surface area contributed by atoms with Gasteiger partial charge in [0.25, 0.3) is 0 Å². The van der Waals surface area contributed by atoms with E-state index in [0.29, 0.717) is 6.04 Å². The van der Waals surface area contributed by atoms with E-state index in [1.165, 1.54) is 0 Å². The summed E-state index contributed by atoms with van der Waals surface area (Å²) in [4.78, 5) is 16.9. The Hall–Kier alpha value is -0.610. The topological polar surface area (TPSA) is 35.6 Å². The van der Waals surface area contributed by atoms with Crippen LogP contribution < -0.4 is 5.32 Å². The van der Waals surface area contributed by atoms with E-state index in [2.05, 4.69) is 45.0 Å². The van der Waals surface area contributed by atoms with Gasteiger partial charge < -0.3 is 9.80 Å². The minimum atomic E-state index is -0.365. The summed E-state index contributed by atoms with van der Waals surface area (Å²) in [5, 5.41) is 3.53. The van der Waals surface area contributed by atoms with Crippen LogP contribution in [0.2, 0.25) is 0 Å². The molecule has 1 amide bonds. The van der Waals surface area contributed by atoms with Gasteiger partial charge >= 0.3 is 0 Å². The van der Waals surface area contributed by atoms with Crippen LogP contribution in [0.1, 0.15) is 53.9 Å². The Labute approximate surface area is 118 Å². The third-order valence-corrected chi connectivity index (χ3v) is 4.44. The maximum Gasteiger partial charge on any atom is 0.243 e. The van der Waals surface area contributed by atoms with E-state index in [9.17, 15) is 4.79 Å². The van der Waals surface area contributed by atoms with Gasteiger partial charge in [-0.25, -0.2) is 0 Å². The lowest BCUT2D eigenvalue weighted by Gasteiger charge is -2.28. The molecule has 1 aliphatic rings. The second-order valence-electron chi connectivity index (χ2n) is 6.21. The predicted octanol–water partition coefficient (Wildman–Crippen LogP) is 2.05. The molecule has 1 saturated heterocycles. The molecule has 2 unspecified atom stereocenters. The average Bonchev–Trinajstić information content (AvgIpc) is 2.60. The van der Waals surface area contributed by atoms with Crippen LogP contribution in [-0.4, -0.2) is 53.6 Å². The van der Waals surface area contributed by atoms with Crippen molar-refractivity contribution in [3.8, 4) is 0 Å². The second kappa shape index (κ2) is 6.71. The fourth-order valence-electron chi connectivity index (χ4n) is 2.50. The maximum atomic E-state index is 12.6. The van der Waals surface area contributed by atoms with Crippen LogP contribution in [0.15, 0.2) is 0 Å². The molecule has 0 saturated carbocycles. The van der Waals surface area contributed by atoms with E-state index in [4.69, 9.17) is 0 Å². The standard InChI is InChI=1S/C15H31N3O/c1-7-9-13-16-15(5,8-2)14(19)18(13)11-10-17(6)12(3)4/h12-13,16H,7-11H2,1-6H3. The van der Waals surface area contributed by atoms with Gasteiger partial charge in [-0.15, -0.1) is 0 Å². The smallest absolute Gasteiger partial charge is 0.243 e. The van der Waals surface area contributed by atoms with Crippen molar-refractivity contribution in [2.45, 2.75) is 71.6 Å². The third-order valence-electron chi connectivity index (χ3n) is 4.44. The van der Waals surface area contributed by atoms with Crippen molar-refractivity contribution in [3.63, 3.8) is 0 Å². The Morgan fingerprint density at radius 1 is 1.42 bits per heavy atom. The van der Waals surface area contributed by atoms with E-state index >= 15 is 0 Å². The van der Waals surface area contributed by atoms with Crippen molar-refractivity contribution in [3.05, 3.63) is 0 Å². The molecule has 2 atom stereocenters. The summed E-state index contributed by atoms with van der Waals surface area (Å²) in [6, 6.07) is 0.521. The molecule has 0 spiro atoms. The van der Waals surface area contributed by atoms with Crippen LogP contribution in [0.5, 0.6) is 0 Å². The number of rotatable bonds is 7. The first-order valence-corrected chi connectivity index (χ1v) is 7.64. The molecular weight excluding hydrogens is 238 g/mol. The zero-order chi connectivity index (χ0) is 14.6. The number of nitrogens with one attached hydrogen (secondary N) is 1. The highest BCUT2D eigenvalue weighted by Gasteiger charge is 2.45. The number of carbonyl (C=O) groups is 1. The second-order valence-corrected chi connectivity index (χ2v) is 6.21. The van der Waals surface area contributed by atoms with Crippen LogP contribution >= 0.6 is 0 Å². The summed E-state index contributed by atoms with van der Waals surface area (Å²) in [5.41, 5.74) is -0.365. The highest BCUT2D eigenvalue weighted by Crippen LogP contribution is 2.25. The lowest BCUT2D eigenvalue weighted by molar-refractivity contribution is -0.133. The fraction of sp³-hybridized carbons (Fsp3) is 0.933. The van der Waals surface area contributed by atoms with E-state index in [0.717, 1.165) is 32.4 Å². The molecule has 0 bridgehead atoms. The number of hydrogen-bond acceptors (Lipinski definition) is 3. The molecule has 4 heteroatoms. The molecule has 19 heavy (non-hydrogen) atoms. The molecule has 0 aromatic rings. The van der Waals surface area contributed by atoms with E-state index in [1.54, 1.807) is 0 Å². The van der Waals surface area contributed by atoms with E-state index in [1.807, 2.05) is 11.8 Å². The van der Waals surface area contributed by atoms with Gasteiger partial charge in [0.05, 0.1) is 11.7 Å². The normalized spacial score (nSPS) is 27.9. The molecule has 0 aliphatic carbocycles. The van der Waals surface area contributed by atoms with Crippen molar-refractivity contribution >= 4 is 5.91 Å². The Balaban J connectivity index is 2.69. The number of hydrogen-bond donors (Lipinski definition) is 1. The van der Waals surface area contributed by atoms with Gasteiger partial charge in [0.15, 0.2) is 0 Å². The van der Waals surface area contributed by atoms with E-state index < -0.39 is 0 Å². The summed E-state index contributed by atoms with van der Waals surface area (Å²) in [7, 11) is 2.12. The van der Waals surface area contributed by atoms with Gasteiger partial charge in [-0.2, -0.15) is 0 Å². The molecule has 0 aromatic carbocycles. The van der Waals surface area contributed by atoms with Crippen LogP contribution in [0.4, 0.5) is 0 Å². The van der Waals surface area contributed by atoms with Gasteiger partial charge in [0.1, 0.15) is 0 Å². The first-order valence-electron chi connectivity index (χ1n) is 7.64. The Kier molecular flexibility index (Phi) is 5.81. The minimum absolute atomic E-state index is 0.211. The molecule has 112 valence electrons. The lowest BCUT2D eigenvalue weighted by atomic mass is 9.99. The largest absolute Gasteiger partial charge is 0.324 e. The molecule has 0 aromatic heterocycles. The molecule has 1 rings (SSSR count). The van der Waals surface area contributed by atoms with E-state index in [-0.39, 0.29) is 17.6 Å². The molecular formula is C15H31N3O. The quantitative estimate of drug-likeness (QED) is 0.768. The summed E-state index contributed by atoms with van der Waals surface area (Å²) >= 11 is 0. The van der Waals surface area contributed by atoms with Crippen molar-refractivity contribution in [1.82, 2.24) is 15.1 Å². The van der Waals surface area contributed by atoms with Gasteiger partial charge in [0.2, 0.25) is 5.91 Å². The highest BCUT2D eigenvalue weighted by atomic mass is 16.2. The Morgan fingerprint density at radius 2 is 2.05 bits per heavy atom.